The molecule has 0 aromatic heterocycles. The highest BCUT2D eigenvalue weighted by Gasteiger charge is 2.37. The number of rotatable bonds is 22. The lowest BCUT2D eigenvalue weighted by Gasteiger charge is -2.30. The molecule has 1 amide bonds. The number of ether oxygens (including phenoxy) is 1. The topological polar surface area (TPSA) is 81.7 Å². The van der Waals surface area contributed by atoms with E-state index in [9.17, 15) is 14.4 Å². The third-order valence-electron chi connectivity index (χ3n) is 5.87. The van der Waals surface area contributed by atoms with Crippen LogP contribution in [0.25, 0.3) is 0 Å². The van der Waals surface area contributed by atoms with Crippen molar-refractivity contribution in [1.29, 1.82) is 0 Å². The van der Waals surface area contributed by atoms with Gasteiger partial charge in [-0.05, 0) is 44.9 Å². The molecule has 0 aromatic rings. The zero-order chi connectivity index (χ0) is 29.4. The summed E-state index contributed by atoms with van der Waals surface area (Å²) >= 11 is 1.69. The first-order valence-electron chi connectivity index (χ1n) is 14.1. The van der Waals surface area contributed by atoms with Gasteiger partial charge in [-0.2, -0.15) is 0 Å². The first-order chi connectivity index (χ1) is 18.7. The lowest BCUT2D eigenvalue weighted by Crippen LogP contribution is -2.47. The number of Topliss-reactive ketones (excluding diaryl/α,β-unsaturated/α-hetero) is 1. The number of allylic oxidation sites excluding steroid dienone is 10. The van der Waals surface area contributed by atoms with Gasteiger partial charge in [0.2, 0.25) is 0 Å². The largest absolute Gasteiger partial charge is 0.465 e. The highest BCUT2D eigenvalue weighted by atomic mass is 127. The second kappa shape index (κ2) is 23.9. The molecule has 0 heterocycles. The number of amides is 1. The molecule has 220 valence electrons. The zero-order valence-corrected chi connectivity index (χ0v) is 26.8. The SMILES string of the molecule is CC/C=C\C/C=C\C/C=C\C/C=C\C/C=C\CCCC(=O)OCC(C)(C)[C@@H](OI)C(=O)NCCC(=O)C(C)C. The Morgan fingerprint density at radius 2 is 1.33 bits per heavy atom. The summed E-state index contributed by atoms with van der Waals surface area (Å²) in [5.41, 5.74) is -0.715. The van der Waals surface area contributed by atoms with Crippen molar-refractivity contribution in [2.24, 2.45) is 11.3 Å². The Hall–Kier alpha value is -2.00. The average Bonchev–Trinajstić information content (AvgIpc) is 2.89. The molecule has 0 bridgehead atoms. The van der Waals surface area contributed by atoms with Gasteiger partial charge in [0.25, 0.3) is 5.91 Å². The van der Waals surface area contributed by atoms with E-state index in [1.165, 1.54) is 0 Å². The molecule has 0 spiro atoms. The predicted molar refractivity (Wildman–Crippen MR) is 169 cm³/mol. The van der Waals surface area contributed by atoms with Gasteiger partial charge in [-0.3, -0.25) is 14.4 Å². The third-order valence-corrected chi connectivity index (χ3v) is 6.37. The second-order valence-corrected chi connectivity index (χ2v) is 10.9. The molecule has 0 saturated carbocycles. The van der Waals surface area contributed by atoms with Crippen LogP contribution in [0.1, 0.15) is 92.4 Å². The molecule has 0 rings (SSSR count). The van der Waals surface area contributed by atoms with Crippen molar-refractivity contribution in [2.45, 2.75) is 98.5 Å². The van der Waals surface area contributed by atoms with Crippen molar-refractivity contribution in [3.8, 4) is 0 Å². The number of nitrogens with one attached hydrogen (secondary N) is 1. The number of unbranched alkanes of at least 4 members (excludes halogenated alkanes) is 1. The average molecular weight is 656 g/mol. The summed E-state index contributed by atoms with van der Waals surface area (Å²) in [4.78, 5) is 36.5. The summed E-state index contributed by atoms with van der Waals surface area (Å²) in [6.07, 6.45) is 27.8. The molecule has 7 heteroatoms. The number of halogens is 1. The maximum atomic E-state index is 12.6. The van der Waals surface area contributed by atoms with Crippen LogP contribution in [-0.4, -0.2) is 36.9 Å². The summed E-state index contributed by atoms with van der Waals surface area (Å²) in [5, 5.41) is 2.75. The van der Waals surface area contributed by atoms with E-state index in [0.717, 1.165) is 38.5 Å². The molecular formula is C32H50INO5. The second-order valence-electron chi connectivity index (χ2n) is 10.4. The van der Waals surface area contributed by atoms with E-state index in [1.54, 1.807) is 23.0 Å². The van der Waals surface area contributed by atoms with Crippen LogP contribution in [0.3, 0.4) is 0 Å². The van der Waals surface area contributed by atoms with Crippen molar-refractivity contribution in [3.05, 3.63) is 60.8 Å². The fourth-order valence-electron chi connectivity index (χ4n) is 3.35. The van der Waals surface area contributed by atoms with Crippen molar-refractivity contribution in [1.82, 2.24) is 5.32 Å². The Morgan fingerprint density at radius 1 is 0.821 bits per heavy atom. The standard InChI is InChI=1S/C32H50INO5/c1-6-7-8-9-10-11-12-13-14-15-16-17-18-19-20-21-22-23-29(36)38-26-32(4,5)30(39-33)31(37)34-25-24-28(35)27(2)3/h7-8,10-11,13-14,16-17,19-20,27,30H,6,9,12,15,18,21-26H2,1-5H3,(H,34,37)/b8-7-,11-10-,14-13-,17-16-,20-19-/t30-/m0/s1. The van der Waals surface area contributed by atoms with Gasteiger partial charge in [0.1, 0.15) is 28.8 Å². The van der Waals surface area contributed by atoms with Gasteiger partial charge in [0.05, 0.1) is 6.61 Å². The molecule has 0 aliphatic rings. The first-order valence-corrected chi connectivity index (χ1v) is 15.0. The van der Waals surface area contributed by atoms with E-state index >= 15 is 0 Å². The molecule has 0 aromatic carbocycles. The highest BCUT2D eigenvalue weighted by molar-refractivity contribution is 14.1. The molecule has 6 nitrogen and oxygen atoms in total. The number of ketones is 1. The van der Waals surface area contributed by atoms with Crippen LogP contribution in [0.5, 0.6) is 0 Å². The summed E-state index contributed by atoms with van der Waals surface area (Å²) in [6.45, 7) is 9.78. The van der Waals surface area contributed by atoms with E-state index < -0.39 is 11.5 Å². The van der Waals surface area contributed by atoms with Crippen LogP contribution in [0.4, 0.5) is 0 Å². The van der Waals surface area contributed by atoms with Crippen molar-refractivity contribution in [3.63, 3.8) is 0 Å². The number of hydrogen-bond donors (Lipinski definition) is 1. The summed E-state index contributed by atoms with van der Waals surface area (Å²) in [5.74, 6) is -0.568. The molecule has 0 aliphatic heterocycles. The molecular weight excluding hydrogens is 605 g/mol. The Bertz CT molecular complexity index is 839. The monoisotopic (exact) mass is 655 g/mol. The molecule has 1 N–H and O–H groups in total. The Morgan fingerprint density at radius 3 is 1.82 bits per heavy atom. The van der Waals surface area contributed by atoms with Crippen LogP contribution in [0, 0.1) is 11.3 Å². The summed E-state index contributed by atoms with van der Waals surface area (Å²) < 4.78 is 10.8. The van der Waals surface area contributed by atoms with E-state index in [4.69, 9.17) is 7.80 Å². The van der Waals surface area contributed by atoms with Crippen molar-refractivity contribution < 1.29 is 22.2 Å². The van der Waals surface area contributed by atoms with Crippen LogP contribution < -0.4 is 5.32 Å². The van der Waals surface area contributed by atoms with E-state index in [1.807, 2.05) is 27.7 Å². The number of carbonyl (C=O) groups excluding carboxylic acids is 3. The van der Waals surface area contributed by atoms with Gasteiger partial charge in [-0.1, -0.05) is 95.4 Å². The quantitative estimate of drug-likeness (QED) is 0.0555. The molecule has 0 unspecified atom stereocenters. The Kier molecular flexibility index (Phi) is 22.6. The normalized spacial score (nSPS) is 13.5. The number of hydrogen-bond acceptors (Lipinski definition) is 5. The zero-order valence-electron chi connectivity index (χ0n) is 24.6. The van der Waals surface area contributed by atoms with Gasteiger partial charge in [-0.25, -0.2) is 0 Å². The van der Waals surface area contributed by atoms with Crippen LogP contribution >= 0.6 is 23.0 Å². The maximum Gasteiger partial charge on any atom is 0.305 e. The first kappa shape index (κ1) is 37.0. The van der Waals surface area contributed by atoms with E-state index in [2.05, 4.69) is 73.0 Å². The highest BCUT2D eigenvalue weighted by Crippen LogP contribution is 2.26. The van der Waals surface area contributed by atoms with Crippen LogP contribution in [-0.2, 0) is 22.2 Å². The number of carbonyl (C=O) groups is 3. The lowest BCUT2D eigenvalue weighted by atomic mass is 9.87. The minimum absolute atomic E-state index is 0.0599. The van der Waals surface area contributed by atoms with Gasteiger partial charge in [0, 0.05) is 30.7 Å². The third kappa shape index (κ3) is 20.6. The molecule has 0 saturated heterocycles. The van der Waals surface area contributed by atoms with Gasteiger partial charge < -0.3 is 13.1 Å². The molecule has 39 heavy (non-hydrogen) atoms. The Balaban J connectivity index is 4.09. The van der Waals surface area contributed by atoms with Crippen LogP contribution in [0.15, 0.2) is 60.8 Å². The minimum atomic E-state index is -0.804. The Labute approximate surface area is 251 Å². The fraction of sp³-hybridized carbons (Fsp3) is 0.594. The summed E-state index contributed by atoms with van der Waals surface area (Å²) in [7, 11) is 0. The maximum absolute atomic E-state index is 12.6. The van der Waals surface area contributed by atoms with Crippen molar-refractivity contribution in [2.75, 3.05) is 13.2 Å². The predicted octanol–water partition coefficient (Wildman–Crippen LogP) is 7.94. The van der Waals surface area contributed by atoms with Crippen LogP contribution in [0.2, 0.25) is 0 Å². The van der Waals surface area contributed by atoms with Gasteiger partial charge in [0.15, 0.2) is 6.10 Å². The van der Waals surface area contributed by atoms with E-state index in [-0.39, 0.29) is 43.2 Å². The smallest absolute Gasteiger partial charge is 0.305 e. The lowest BCUT2D eigenvalue weighted by molar-refractivity contribution is -0.151. The molecule has 1 atom stereocenters. The van der Waals surface area contributed by atoms with Gasteiger partial charge >= 0.3 is 5.97 Å². The number of esters is 1. The molecule has 0 radical (unpaired) electrons. The van der Waals surface area contributed by atoms with Crippen molar-refractivity contribution >= 4 is 40.7 Å². The summed E-state index contributed by atoms with van der Waals surface area (Å²) in [6, 6.07) is 0. The molecule has 0 aliphatic carbocycles. The van der Waals surface area contributed by atoms with E-state index in [0.29, 0.717) is 12.8 Å². The van der Waals surface area contributed by atoms with Gasteiger partial charge in [-0.15, -0.1) is 0 Å². The molecule has 0 fully saturated rings. The fourth-order valence-corrected chi connectivity index (χ4v) is 4.27. The minimum Gasteiger partial charge on any atom is -0.465 e.